The Labute approximate surface area is 216 Å². The van der Waals surface area contributed by atoms with Gasteiger partial charge in [0.1, 0.15) is 11.6 Å². The molecule has 36 heavy (non-hydrogen) atoms. The summed E-state index contributed by atoms with van der Waals surface area (Å²) in [5.41, 5.74) is 4.36. The third-order valence-electron chi connectivity index (χ3n) is 6.85. The molecule has 1 fully saturated rings. The molecular formula is C29H31ClN4O2. The number of carbonyl (C=O) groups is 1. The molecule has 1 N–H and O–H groups in total. The minimum absolute atomic E-state index is 0.0227. The number of nitrogens with one attached hydrogen (secondary N) is 1. The standard InChI is InChI=1S/C29H31ClN4O2/c1-36-25-14-10-22(11-15-25)18-34-27-7-3-2-6-26(27)32-28(34)20-33-16-4-5-23(19-33)29(35)31-17-21-8-12-24(30)13-9-21/h2-3,6-15,23H,4-5,16-20H2,1H3,(H,31,35)/t23-/m1/s1. The summed E-state index contributed by atoms with van der Waals surface area (Å²) in [7, 11) is 1.68. The molecule has 6 nitrogen and oxygen atoms in total. The lowest BCUT2D eigenvalue weighted by Gasteiger charge is -2.31. The van der Waals surface area contributed by atoms with E-state index in [-0.39, 0.29) is 11.8 Å². The molecule has 4 aromatic rings. The maximum absolute atomic E-state index is 12.9. The van der Waals surface area contributed by atoms with Crippen LogP contribution in [0.4, 0.5) is 0 Å². The Bertz CT molecular complexity index is 1320. The number of hydrogen-bond donors (Lipinski definition) is 1. The minimum atomic E-state index is -0.0227. The van der Waals surface area contributed by atoms with Crippen LogP contribution in [0.25, 0.3) is 11.0 Å². The third kappa shape index (κ3) is 5.72. The van der Waals surface area contributed by atoms with Gasteiger partial charge in [0.15, 0.2) is 0 Å². The molecular weight excluding hydrogens is 472 g/mol. The van der Waals surface area contributed by atoms with Crippen molar-refractivity contribution in [2.24, 2.45) is 5.92 Å². The fourth-order valence-electron chi connectivity index (χ4n) is 4.88. The Hall–Kier alpha value is -3.35. The topological polar surface area (TPSA) is 59.4 Å². The molecule has 1 aromatic heterocycles. The molecule has 2 heterocycles. The Morgan fingerprint density at radius 1 is 1.03 bits per heavy atom. The highest BCUT2D eigenvalue weighted by molar-refractivity contribution is 6.30. The van der Waals surface area contributed by atoms with Crippen molar-refractivity contribution in [1.29, 1.82) is 0 Å². The van der Waals surface area contributed by atoms with Gasteiger partial charge in [-0.1, -0.05) is 48.0 Å². The number of rotatable bonds is 8. The number of carbonyl (C=O) groups excluding carboxylic acids is 1. The van der Waals surface area contributed by atoms with E-state index in [0.717, 1.165) is 60.6 Å². The van der Waals surface area contributed by atoms with Gasteiger partial charge in [0.05, 0.1) is 30.6 Å². The van der Waals surface area contributed by atoms with Gasteiger partial charge in [0.25, 0.3) is 0 Å². The highest BCUT2D eigenvalue weighted by Crippen LogP contribution is 2.23. The van der Waals surface area contributed by atoms with Crippen LogP contribution >= 0.6 is 11.6 Å². The second-order valence-electron chi connectivity index (χ2n) is 9.37. The molecule has 3 aromatic carbocycles. The van der Waals surface area contributed by atoms with Gasteiger partial charge in [0.2, 0.25) is 5.91 Å². The predicted molar refractivity (Wildman–Crippen MR) is 143 cm³/mol. The quantitative estimate of drug-likeness (QED) is 0.356. The van der Waals surface area contributed by atoms with Crippen LogP contribution in [0.1, 0.15) is 29.8 Å². The predicted octanol–water partition coefficient (Wildman–Crippen LogP) is 5.28. The first kappa shape index (κ1) is 24.3. The largest absolute Gasteiger partial charge is 0.497 e. The van der Waals surface area contributed by atoms with Crippen molar-refractivity contribution in [1.82, 2.24) is 19.8 Å². The van der Waals surface area contributed by atoms with Crippen molar-refractivity contribution in [3.8, 4) is 5.75 Å². The van der Waals surface area contributed by atoms with E-state index in [0.29, 0.717) is 18.1 Å². The van der Waals surface area contributed by atoms with Crippen molar-refractivity contribution in [3.63, 3.8) is 0 Å². The van der Waals surface area contributed by atoms with Crippen LogP contribution in [0, 0.1) is 5.92 Å². The SMILES string of the molecule is COc1ccc(Cn2c(CN3CCC[C@@H](C(=O)NCc4ccc(Cl)cc4)C3)nc3ccccc32)cc1. The lowest BCUT2D eigenvalue weighted by molar-refractivity contribution is -0.127. The van der Waals surface area contributed by atoms with Crippen LogP contribution in [0.3, 0.4) is 0 Å². The Morgan fingerprint density at radius 2 is 1.78 bits per heavy atom. The normalized spacial score (nSPS) is 16.2. The van der Waals surface area contributed by atoms with E-state index >= 15 is 0 Å². The number of aromatic nitrogens is 2. The zero-order valence-corrected chi connectivity index (χ0v) is 21.2. The summed E-state index contributed by atoms with van der Waals surface area (Å²) in [4.78, 5) is 20.3. The number of halogens is 1. The molecule has 1 aliphatic rings. The fourth-order valence-corrected chi connectivity index (χ4v) is 5.01. The van der Waals surface area contributed by atoms with E-state index in [1.54, 1.807) is 7.11 Å². The van der Waals surface area contributed by atoms with Crippen molar-refractivity contribution in [2.75, 3.05) is 20.2 Å². The number of imidazole rings is 1. The Morgan fingerprint density at radius 3 is 2.56 bits per heavy atom. The molecule has 0 spiro atoms. The molecule has 0 aliphatic carbocycles. The summed E-state index contributed by atoms with van der Waals surface area (Å²) in [6.07, 6.45) is 1.91. The van der Waals surface area contributed by atoms with Gasteiger partial charge in [-0.2, -0.15) is 0 Å². The maximum Gasteiger partial charge on any atom is 0.224 e. The zero-order chi connectivity index (χ0) is 24.9. The van der Waals surface area contributed by atoms with E-state index in [9.17, 15) is 4.79 Å². The number of para-hydroxylation sites is 2. The van der Waals surface area contributed by atoms with Crippen LogP contribution in [-0.2, 0) is 24.4 Å². The van der Waals surface area contributed by atoms with Gasteiger partial charge < -0.3 is 14.6 Å². The van der Waals surface area contributed by atoms with Gasteiger partial charge >= 0.3 is 0 Å². The first-order valence-corrected chi connectivity index (χ1v) is 12.8. The summed E-state index contributed by atoms with van der Waals surface area (Å²) in [6, 6.07) is 24.0. The molecule has 5 rings (SSSR count). The number of ether oxygens (including phenoxy) is 1. The van der Waals surface area contributed by atoms with Crippen molar-refractivity contribution >= 4 is 28.5 Å². The van der Waals surface area contributed by atoms with Crippen LogP contribution in [0.5, 0.6) is 5.75 Å². The van der Waals surface area contributed by atoms with E-state index in [1.807, 2.05) is 42.5 Å². The monoisotopic (exact) mass is 502 g/mol. The van der Waals surface area contributed by atoms with Crippen LogP contribution in [-0.4, -0.2) is 40.6 Å². The smallest absolute Gasteiger partial charge is 0.224 e. The lowest BCUT2D eigenvalue weighted by Crippen LogP contribution is -2.42. The van der Waals surface area contributed by atoms with E-state index in [1.165, 1.54) is 5.56 Å². The highest BCUT2D eigenvalue weighted by Gasteiger charge is 2.27. The molecule has 1 amide bonds. The van der Waals surface area contributed by atoms with Gasteiger partial charge in [0, 0.05) is 24.7 Å². The molecule has 0 radical (unpaired) electrons. The van der Waals surface area contributed by atoms with Crippen molar-refractivity contribution in [3.05, 3.63) is 94.8 Å². The number of fused-ring (bicyclic) bond motifs is 1. The Kier molecular flexibility index (Phi) is 7.54. The number of methoxy groups -OCH3 is 1. The summed E-state index contributed by atoms with van der Waals surface area (Å²) in [5, 5.41) is 3.81. The molecule has 0 bridgehead atoms. The number of piperidine rings is 1. The van der Waals surface area contributed by atoms with Gasteiger partial charge in [-0.25, -0.2) is 4.98 Å². The van der Waals surface area contributed by atoms with Gasteiger partial charge in [-0.05, 0) is 66.9 Å². The summed E-state index contributed by atoms with van der Waals surface area (Å²) in [6.45, 7) is 3.67. The number of hydrogen-bond acceptors (Lipinski definition) is 4. The average molecular weight is 503 g/mol. The first-order valence-electron chi connectivity index (χ1n) is 12.4. The summed E-state index contributed by atoms with van der Waals surface area (Å²) >= 11 is 5.97. The fraction of sp³-hybridized carbons (Fsp3) is 0.310. The van der Waals surface area contributed by atoms with Gasteiger partial charge in [-0.3, -0.25) is 9.69 Å². The molecule has 0 saturated carbocycles. The second kappa shape index (κ2) is 11.1. The molecule has 7 heteroatoms. The molecule has 1 saturated heterocycles. The third-order valence-corrected chi connectivity index (χ3v) is 7.11. The summed E-state index contributed by atoms with van der Waals surface area (Å²) < 4.78 is 7.60. The molecule has 1 atom stereocenters. The van der Waals surface area contributed by atoms with Crippen molar-refractivity contribution < 1.29 is 9.53 Å². The molecule has 1 aliphatic heterocycles. The van der Waals surface area contributed by atoms with Crippen LogP contribution in [0.15, 0.2) is 72.8 Å². The van der Waals surface area contributed by atoms with Crippen LogP contribution in [0.2, 0.25) is 5.02 Å². The van der Waals surface area contributed by atoms with Crippen LogP contribution < -0.4 is 10.1 Å². The number of benzene rings is 3. The van der Waals surface area contributed by atoms with E-state index in [4.69, 9.17) is 21.3 Å². The van der Waals surface area contributed by atoms with E-state index < -0.39 is 0 Å². The lowest BCUT2D eigenvalue weighted by atomic mass is 9.97. The minimum Gasteiger partial charge on any atom is -0.497 e. The summed E-state index contributed by atoms with van der Waals surface area (Å²) in [5.74, 6) is 1.96. The zero-order valence-electron chi connectivity index (χ0n) is 20.5. The molecule has 186 valence electrons. The van der Waals surface area contributed by atoms with Gasteiger partial charge in [-0.15, -0.1) is 0 Å². The Balaban J connectivity index is 1.28. The van der Waals surface area contributed by atoms with Crippen molar-refractivity contribution in [2.45, 2.75) is 32.5 Å². The number of likely N-dealkylation sites (tertiary alicyclic amines) is 1. The second-order valence-corrected chi connectivity index (χ2v) is 9.81. The highest BCUT2D eigenvalue weighted by atomic mass is 35.5. The number of nitrogens with zero attached hydrogens (tertiary/aromatic N) is 3. The van der Waals surface area contributed by atoms with E-state index in [2.05, 4.69) is 45.1 Å². The molecule has 0 unspecified atom stereocenters. The average Bonchev–Trinajstić information content (AvgIpc) is 3.25. The number of amides is 1. The first-order chi connectivity index (χ1) is 17.6. The maximum atomic E-state index is 12.9.